The van der Waals surface area contributed by atoms with E-state index in [-0.39, 0.29) is 12.4 Å². The third-order valence-corrected chi connectivity index (χ3v) is 3.59. The molecule has 2 N–H and O–H groups in total. The van der Waals surface area contributed by atoms with Crippen LogP contribution in [0.3, 0.4) is 0 Å². The molecule has 2 aromatic rings. The van der Waals surface area contributed by atoms with Gasteiger partial charge in [0.25, 0.3) is 0 Å². The molecule has 2 aromatic carbocycles. The fourth-order valence-electron chi connectivity index (χ4n) is 1.85. The van der Waals surface area contributed by atoms with Gasteiger partial charge in [0.2, 0.25) is 0 Å². The second-order valence-corrected chi connectivity index (χ2v) is 5.48. The number of hydrogen-bond acceptors (Lipinski definition) is 3. The molecule has 2 amide bonds. The largest absolute Gasteiger partial charge is 0.465 e. The summed E-state index contributed by atoms with van der Waals surface area (Å²) in [5, 5.41) is 5.26. The molecule has 0 fully saturated rings. The second kappa shape index (κ2) is 7.73. The van der Waals surface area contributed by atoms with Gasteiger partial charge in [0.15, 0.2) is 0 Å². The quantitative estimate of drug-likeness (QED) is 0.794. The number of anilines is 1. The minimum atomic E-state index is -0.481. The Morgan fingerprint density at radius 3 is 2.70 bits per heavy atom. The molecule has 0 spiro atoms. The summed E-state index contributed by atoms with van der Waals surface area (Å²) >= 11 is 3.09. The summed E-state index contributed by atoms with van der Waals surface area (Å²) in [6.45, 7) is 0.238. The van der Waals surface area contributed by atoms with Crippen molar-refractivity contribution < 1.29 is 18.7 Å². The van der Waals surface area contributed by atoms with Crippen molar-refractivity contribution in [1.29, 1.82) is 0 Å². The monoisotopic (exact) mass is 380 g/mol. The normalized spacial score (nSPS) is 10.0. The van der Waals surface area contributed by atoms with Gasteiger partial charge in [-0.15, -0.1) is 0 Å². The molecule has 0 heterocycles. The first-order chi connectivity index (χ1) is 11.0. The van der Waals surface area contributed by atoms with E-state index in [1.165, 1.54) is 19.2 Å². The van der Waals surface area contributed by atoms with Crippen molar-refractivity contribution in [2.45, 2.75) is 6.54 Å². The first-order valence-corrected chi connectivity index (χ1v) is 7.46. The van der Waals surface area contributed by atoms with Gasteiger partial charge in [-0.1, -0.05) is 12.1 Å². The molecule has 0 unspecified atom stereocenters. The maximum atomic E-state index is 13.1. The highest BCUT2D eigenvalue weighted by Gasteiger charge is 2.08. The number of rotatable bonds is 4. The third kappa shape index (κ3) is 4.79. The minimum absolute atomic E-state index is 0.238. The molecule has 0 aromatic heterocycles. The fourth-order valence-corrected chi connectivity index (χ4v) is 2.28. The zero-order valence-corrected chi connectivity index (χ0v) is 13.8. The lowest BCUT2D eigenvalue weighted by atomic mass is 10.2. The maximum absolute atomic E-state index is 13.1. The number of benzene rings is 2. The van der Waals surface area contributed by atoms with Crippen LogP contribution in [0.4, 0.5) is 14.9 Å². The summed E-state index contributed by atoms with van der Waals surface area (Å²) in [6.07, 6.45) is 0. The number of carbonyl (C=O) groups excluding carboxylic acids is 2. The van der Waals surface area contributed by atoms with Gasteiger partial charge >= 0.3 is 12.0 Å². The number of ether oxygens (including phenoxy) is 1. The molecule has 23 heavy (non-hydrogen) atoms. The molecule has 0 aliphatic carbocycles. The lowest BCUT2D eigenvalue weighted by molar-refractivity contribution is 0.0600. The summed E-state index contributed by atoms with van der Waals surface area (Å²) in [4.78, 5) is 23.3. The molecule has 5 nitrogen and oxygen atoms in total. The first kappa shape index (κ1) is 17.0. The van der Waals surface area contributed by atoms with Crippen molar-refractivity contribution in [3.05, 3.63) is 63.9 Å². The number of esters is 1. The zero-order chi connectivity index (χ0) is 16.8. The van der Waals surface area contributed by atoms with Crippen LogP contribution in [0.1, 0.15) is 15.9 Å². The Labute approximate surface area is 141 Å². The molecule has 7 heteroatoms. The number of methoxy groups -OCH3 is 1. The highest BCUT2D eigenvalue weighted by molar-refractivity contribution is 9.10. The van der Waals surface area contributed by atoms with E-state index in [9.17, 15) is 14.0 Å². The number of amides is 2. The van der Waals surface area contributed by atoms with Crippen LogP contribution in [0.5, 0.6) is 0 Å². The highest BCUT2D eigenvalue weighted by atomic mass is 79.9. The van der Waals surface area contributed by atoms with Crippen LogP contribution in [-0.4, -0.2) is 19.1 Å². The maximum Gasteiger partial charge on any atom is 0.337 e. The lowest BCUT2D eigenvalue weighted by Crippen LogP contribution is -2.28. The van der Waals surface area contributed by atoms with Crippen molar-refractivity contribution in [2.24, 2.45) is 0 Å². The Kier molecular flexibility index (Phi) is 5.70. The third-order valence-electron chi connectivity index (χ3n) is 2.98. The van der Waals surface area contributed by atoms with Crippen LogP contribution in [0, 0.1) is 5.82 Å². The molecule has 0 radical (unpaired) electrons. The topological polar surface area (TPSA) is 67.4 Å². The Hall–Kier alpha value is -2.41. The van der Waals surface area contributed by atoms with Crippen molar-refractivity contribution in [1.82, 2.24) is 5.32 Å². The van der Waals surface area contributed by atoms with E-state index >= 15 is 0 Å². The Morgan fingerprint density at radius 2 is 2.00 bits per heavy atom. The Morgan fingerprint density at radius 1 is 1.22 bits per heavy atom. The minimum Gasteiger partial charge on any atom is -0.465 e. The summed E-state index contributed by atoms with van der Waals surface area (Å²) in [5.74, 6) is -0.844. The summed E-state index contributed by atoms with van der Waals surface area (Å²) in [6, 6.07) is 10.4. The van der Waals surface area contributed by atoms with E-state index in [0.717, 1.165) is 5.56 Å². The molecule has 0 saturated carbocycles. The molecular formula is C16H14BrFN2O3. The summed E-state index contributed by atoms with van der Waals surface area (Å²) in [7, 11) is 1.29. The van der Waals surface area contributed by atoms with Gasteiger partial charge in [0, 0.05) is 12.2 Å². The zero-order valence-electron chi connectivity index (χ0n) is 12.2. The van der Waals surface area contributed by atoms with Crippen molar-refractivity contribution in [3.8, 4) is 0 Å². The number of carbonyl (C=O) groups is 2. The second-order valence-electron chi connectivity index (χ2n) is 4.63. The van der Waals surface area contributed by atoms with E-state index in [4.69, 9.17) is 0 Å². The van der Waals surface area contributed by atoms with Gasteiger partial charge in [-0.2, -0.15) is 0 Å². The van der Waals surface area contributed by atoms with Crippen LogP contribution < -0.4 is 10.6 Å². The van der Waals surface area contributed by atoms with Gasteiger partial charge in [-0.25, -0.2) is 14.0 Å². The van der Waals surface area contributed by atoms with Crippen LogP contribution in [0.2, 0.25) is 0 Å². The number of halogens is 2. The molecule has 2 rings (SSSR count). The predicted octanol–water partition coefficient (Wildman–Crippen LogP) is 3.70. The number of urea groups is 1. The predicted molar refractivity (Wildman–Crippen MR) is 87.7 cm³/mol. The SMILES string of the molecule is COC(=O)c1cccc(NC(=O)NCc2ccc(F)c(Br)c2)c1. The molecule has 0 bridgehead atoms. The molecule has 0 aliphatic heterocycles. The van der Waals surface area contributed by atoms with Gasteiger partial charge < -0.3 is 15.4 Å². The van der Waals surface area contributed by atoms with Crippen molar-refractivity contribution >= 4 is 33.6 Å². The van der Waals surface area contributed by atoms with Gasteiger partial charge in [0.1, 0.15) is 5.82 Å². The van der Waals surface area contributed by atoms with Gasteiger partial charge in [-0.3, -0.25) is 0 Å². The molecule has 0 aliphatic rings. The van der Waals surface area contributed by atoms with Crippen LogP contribution in [0.25, 0.3) is 0 Å². The van der Waals surface area contributed by atoms with E-state index in [1.54, 1.807) is 30.3 Å². The van der Waals surface area contributed by atoms with Gasteiger partial charge in [0.05, 0.1) is 17.1 Å². The number of nitrogens with one attached hydrogen (secondary N) is 2. The highest BCUT2D eigenvalue weighted by Crippen LogP contribution is 2.17. The first-order valence-electron chi connectivity index (χ1n) is 6.67. The van der Waals surface area contributed by atoms with Gasteiger partial charge in [-0.05, 0) is 51.8 Å². The van der Waals surface area contributed by atoms with E-state index in [0.29, 0.717) is 15.7 Å². The standard InChI is InChI=1S/C16H14BrFN2O3/c1-23-15(21)11-3-2-4-12(8-11)20-16(22)19-9-10-5-6-14(18)13(17)7-10/h2-8H,9H2,1H3,(H2,19,20,22). The fraction of sp³-hybridized carbons (Fsp3) is 0.125. The lowest BCUT2D eigenvalue weighted by Gasteiger charge is -2.09. The molecule has 0 saturated heterocycles. The van der Waals surface area contributed by atoms with E-state index in [1.807, 2.05) is 0 Å². The summed E-state index contributed by atoms with van der Waals surface area (Å²) in [5.41, 5.74) is 1.55. The average molecular weight is 381 g/mol. The summed E-state index contributed by atoms with van der Waals surface area (Å²) < 4.78 is 18.1. The van der Waals surface area contributed by atoms with E-state index in [2.05, 4.69) is 31.3 Å². The van der Waals surface area contributed by atoms with Crippen LogP contribution in [0.15, 0.2) is 46.9 Å². The van der Waals surface area contributed by atoms with Crippen LogP contribution >= 0.6 is 15.9 Å². The van der Waals surface area contributed by atoms with Crippen molar-refractivity contribution in [3.63, 3.8) is 0 Å². The molecule has 120 valence electrons. The van der Waals surface area contributed by atoms with Crippen LogP contribution in [-0.2, 0) is 11.3 Å². The molecular weight excluding hydrogens is 367 g/mol. The van der Waals surface area contributed by atoms with Crippen molar-refractivity contribution in [2.75, 3.05) is 12.4 Å². The smallest absolute Gasteiger partial charge is 0.337 e. The van der Waals surface area contributed by atoms with E-state index < -0.39 is 12.0 Å². The Balaban J connectivity index is 1.94. The Bertz CT molecular complexity index is 737. The molecule has 0 atom stereocenters. The average Bonchev–Trinajstić information content (AvgIpc) is 2.55. The number of hydrogen-bond donors (Lipinski definition) is 2.